The minimum atomic E-state index is -0.610. The second-order valence-corrected chi connectivity index (χ2v) is 7.70. The van der Waals surface area contributed by atoms with Gasteiger partial charge in [0.1, 0.15) is 15.4 Å². The Balaban J connectivity index is 2.02. The number of aryl methyl sites for hydroxylation is 2. The van der Waals surface area contributed by atoms with Gasteiger partial charge in [-0.25, -0.2) is 19.1 Å². The number of ether oxygens (including phenoxy) is 2. The Hall–Kier alpha value is -3.27. The molecule has 0 radical (unpaired) electrons. The van der Waals surface area contributed by atoms with Crippen molar-refractivity contribution < 1.29 is 23.9 Å². The van der Waals surface area contributed by atoms with Crippen molar-refractivity contribution in [1.29, 1.82) is 0 Å². The van der Waals surface area contributed by atoms with Gasteiger partial charge in [0, 0.05) is 11.4 Å². The van der Waals surface area contributed by atoms with Gasteiger partial charge in [-0.05, 0) is 38.8 Å². The van der Waals surface area contributed by atoms with Crippen LogP contribution in [0.15, 0.2) is 12.3 Å². The SMILES string of the molecule is CCCOC(=O)c1c(NC(=O)c2cnn3c(C)cc(C)nc23)sc(C(=O)OC)c1C. The van der Waals surface area contributed by atoms with Crippen LogP contribution in [0.4, 0.5) is 5.00 Å². The van der Waals surface area contributed by atoms with Crippen molar-refractivity contribution in [3.05, 3.63) is 45.2 Å². The normalized spacial score (nSPS) is 10.8. The zero-order chi connectivity index (χ0) is 22.0. The lowest BCUT2D eigenvalue weighted by molar-refractivity contribution is 0.0506. The van der Waals surface area contributed by atoms with Gasteiger partial charge >= 0.3 is 11.9 Å². The highest BCUT2D eigenvalue weighted by molar-refractivity contribution is 7.18. The lowest BCUT2D eigenvalue weighted by atomic mass is 10.1. The summed E-state index contributed by atoms with van der Waals surface area (Å²) in [6, 6.07) is 1.86. The summed E-state index contributed by atoms with van der Waals surface area (Å²) in [5.74, 6) is -1.70. The molecule has 0 spiro atoms. The van der Waals surface area contributed by atoms with Gasteiger partial charge in [0.05, 0.1) is 25.5 Å². The minimum absolute atomic E-state index is 0.138. The van der Waals surface area contributed by atoms with Crippen molar-refractivity contribution in [3.63, 3.8) is 0 Å². The summed E-state index contributed by atoms with van der Waals surface area (Å²) in [6.45, 7) is 7.41. The van der Waals surface area contributed by atoms with Gasteiger partial charge in [0.15, 0.2) is 5.65 Å². The fourth-order valence-electron chi connectivity index (χ4n) is 3.00. The summed E-state index contributed by atoms with van der Waals surface area (Å²) >= 11 is 0.963. The maximum atomic E-state index is 13.0. The topological polar surface area (TPSA) is 112 Å². The Bertz CT molecular complexity index is 1150. The molecule has 0 bridgehead atoms. The molecule has 10 heteroatoms. The molecular formula is C20H22N4O5S. The van der Waals surface area contributed by atoms with E-state index in [4.69, 9.17) is 9.47 Å². The molecule has 1 N–H and O–H groups in total. The highest BCUT2D eigenvalue weighted by atomic mass is 32.1. The van der Waals surface area contributed by atoms with Gasteiger partial charge in [-0.1, -0.05) is 6.92 Å². The second kappa shape index (κ2) is 8.62. The Morgan fingerprint density at radius 1 is 1.20 bits per heavy atom. The zero-order valence-corrected chi connectivity index (χ0v) is 18.2. The molecule has 158 valence electrons. The van der Waals surface area contributed by atoms with Crippen molar-refractivity contribution in [2.24, 2.45) is 0 Å². The number of carbonyl (C=O) groups excluding carboxylic acids is 3. The summed E-state index contributed by atoms with van der Waals surface area (Å²) < 4.78 is 11.6. The Morgan fingerprint density at radius 3 is 2.60 bits per heavy atom. The highest BCUT2D eigenvalue weighted by Gasteiger charge is 2.28. The summed E-state index contributed by atoms with van der Waals surface area (Å²) in [6.07, 6.45) is 2.06. The molecule has 0 aliphatic carbocycles. The first kappa shape index (κ1) is 21.4. The standard InChI is InChI=1S/C20H22N4O5S/c1-6-7-29-19(26)14-12(4)15(20(27)28-5)30-18(14)23-17(25)13-9-21-24-11(3)8-10(2)22-16(13)24/h8-9H,6-7H2,1-5H3,(H,23,25). The quantitative estimate of drug-likeness (QED) is 0.597. The average molecular weight is 430 g/mol. The van der Waals surface area contributed by atoms with Crippen molar-refractivity contribution in [1.82, 2.24) is 14.6 Å². The smallest absolute Gasteiger partial charge is 0.348 e. The number of thiophene rings is 1. The number of rotatable bonds is 6. The second-order valence-electron chi connectivity index (χ2n) is 6.67. The Kier molecular flexibility index (Phi) is 6.16. The van der Waals surface area contributed by atoms with E-state index in [2.05, 4.69) is 15.4 Å². The predicted molar refractivity (Wildman–Crippen MR) is 111 cm³/mol. The Morgan fingerprint density at radius 2 is 1.93 bits per heavy atom. The number of hydrogen-bond acceptors (Lipinski definition) is 8. The average Bonchev–Trinajstić information content (AvgIpc) is 3.26. The number of nitrogens with one attached hydrogen (secondary N) is 1. The molecule has 3 heterocycles. The van der Waals surface area contributed by atoms with Crippen molar-refractivity contribution in [2.75, 3.05) is 19.0 Å². The van der Waals surface area contributed by atoms with Crippen LogP contribution in [0.5, 0.6) is 0 Å². The number of fused-ring (bicyclic) bond motifs is 1. The number of anilines is 1. The predicted octanol–water partition coefficient (Wildman–Crippen LogP) is 3.32. The van der Waals surface area contributed by atoms with Crippen LogP contribution in [0.1, 0.15) is 60.7 Å². The molecule has 30 heavy (non-hydrogen) atoms. The number of esters is 2. The zero-order valence-electron chi connectivity index (χ0n) is 17.4. The van der Waals surface area contributed by atoms with Crippen LogP contribution in [0.3, 0.4) is 0 Å². The first-order chi connectivity index (χ1) is 14.3. The summed E-state index contributed by atoms with van der Waals surface area (Å²) in [5.41, 5.74) is 2.77. The van der Waals surface area contributed by atoms with Crippen LogP contribution < -0.4 is 5.32 Å². The fourth-order valence-corrected chi connectivity index (χ4v) is 4.11. The van der Waals surface area contributed by atoms with Crippen LogP contribution in [-0.2, 0) is 9.47 Å². The molecule has 0 saturated carbocycles. The molecule has 3 aromatic heterocycles. The summed E-state index contributed by atoms with van der Waals surface area (Å²) in [5, 5.41) is 7.15. The number of hydrogen-bond donors (Lipinski definition) is 1. The van der Waals surface area contributed by atoms with Crippen LogP contribution in [0.2, 0.25) is 0 Å². The summed E-state index contributed by atoms with van der Waals surface area (Å²) in [4.78, 5) is 42.3. The van der Waals surface area contributed by atoms with Crippen LogP contribution in [0.25, 0.3) is 5.65 Å². The first-order valence-corrected chi connectivity index (χ1v) is 10.1. The van der Waals surface area contributed by atoms with E-state index in [0.29, 0.717) is 17.6 Å². The third-order valence-corrected chi connectivity index (χ3v) is 5.60. The van der Waals surface area contributed by atoms with E-state index in [-0.39, 0.29) is 27.6 Å². The molecule has 0 saturated heterocycles. The first-order valence-electron chi connectivity index (χ1n) is 9.30. The monoisotopic (exact) mass is 430 g/mol. The van der Waals surface area contributed by atoms with E-state index in [1.54, 1.807) is 11.4 Å². The number of amides is 1. The largest absolute Gasteiger partial charge is 0.465 e. The molecule has 3 aromatic rings. The van der Waals surface area contributed by atoms with E-state index in [9.17, 15) is 14.4 Å². The van der Waals surface area contributed by atoms with E-state index in [1.165, 1.54) is 13.3 Å². The van der Waals surface area contributed by atoms with Gasteiger partial charge in [0.2, 0.25) is 0 Å². The lowest BCUT2D eigenvalue weighted by Gasteiger charge is -2.07. The molecule has 0 unspecified atom stereocenters. The van der Waals surface area contributed by atoms with Gasteiger partial charge in [-0.2, -0.15) is 5.10 Å². The molecule has 3 rings (SSSR count). The van der Waals surface area contributed by atoms with Crippen molar-refractivity contribution in [2.45, 2.75) is 34.1 Å². The molecule has 0 aliphatic rings. The van der Waals surface area contributed by atoms with E-state index < -0.39 is 17.8 Å². The Labute approximate surface area is 177 Å². The van der Waals surface area contributed by atoms with E-state index in [1.807, 2.05) is 26.8 Å². The summed E-state index contributed by atoms with van der Waals surface area (Å²) in [7, 11) is 1.25. The van der Waals surface area contributed by atoms with Gasteiger partial charge < -0.3 is 14.8 Å². The molecule has 0 aromatic carbocycles. The number of carbonyl (C=O) groups is 3. The third-order valence-electron chi connectivity index (χ3n) is 4.41. The van der Waals surface area contributed by atoms with Gasteiger partial charge in [0.25, 0.3) is 5.91 Å². The number of aromatic nitrogens is 3. The third kappa shape index (κ3) is 3.90. The molecule has 0 aliphatic heterocycles. The van der Waals surface area contributed by atoms with Crippen LogP contribution >= 0.6 is 11.3 Å². The van der Waals surface area contributed by atoms with Gasteiger partial charge in [-0.3, -0.25) is 4.79 Å². The maximum Gasteiger partial charge on any atom is 0.348 e. The minimum Gasteiger partial charge on any atom is -0.465 e. The van der Waals surface area contributed by atoms with Crippen LogP contribution in [-0.4, -0.2) is 46.2 Å². The van der Waals surface area contributed by atoms with Gasteiger partial charge in [-0.15, -0.1) is 11.3 Å². The number of methoxy groups -OCH3 is 1. The van der Waals surface area contributed by atoms with Crippen molar-refractivity contribution >= 4 is 39.8 Å². The molecule has 9 nitrogen and oxygen atoms in total. The fraction of sp³-hybridized carbons (Fsp3) is 0.350. The molecule has 0 atom stereocenters. The highest BCUT2D eigenvalue weighted by Crippen LogP contribution is 2.34. The van der Waals surface area contributed by atoms with E-state index >= 15 is 0 Å². The molecule has 0 fully saturated rings. The molecular weight excluding hydrogens is 408 g/mol. The molecule has 1 amide bonds. The number of nitrogens with zero attached hydrogens (tertiary/aromatic N) is 3. The van der Waals surface area contributed by atoms with E-state index in [0.717, 1.165) is 22.7 Å². The van der Waals surface area contributed by atoms with Crippen LogP contribution in [0, 0.1) is 20.8 Å². The van der Waals surface area contributed by atoms with Crippen molar-refractivity contribution in [3.8, 4) is 0 Å². The maximum absolute atomic E-state index is 13.0. The lowest BCUT2D eigenvalue weighted by Crippen LogP contribution is -2.15.